The van der Waals surface area contributed by atoms with Crippen LogP contribution in [0.15, 0.2) is 71.2 Å². The maximum Gasteiger partial charge on any atom is 0.234 e. The zero-order valence-corrected chi connectivity index (χ0v) is 18.6. The standard InChI is InChI=1S/C22H20N4O3S2/c1-28-16-10-11-18(29-2)17(13-16)23-20(27)14-31-22-25-24-21(19-9-6-12-30-19)26(22)15-7-4-3-5-8-15/h3-13H,14H2,1-2H3,(H,23,27). The van der Waals surface area contributed by atoms with Crippen LogP contribution in [0.1, 0.15) is 0 Å². The van der Waals surface area contributed by atoms with E-state index >= 15 is 0 Å². The highest BCUT2D eigenvalue weighted by atomic mass is 32.2. The van der Waals surface area contributed by atoms with Crippen molar-refractivity contribution in [3.05, 3.63) is 66.0 Å². The van der Waals surface area contributed by atoms with Gasteiger partial charge in [-0.25, -0.2) is 0 Å². The van der Waals surface area contributed by atoms with E-state index in [2.05, 4.69) is 15.5 Å². The molecule has 2 heterocycles. The van der Waals surface area contributed by atoms with E-state index in [1.54, 1.807) is 43.8 Å². The maximum absolute atomic E-state index is 12.7. The molecule has 4 rings (SSSR count). The molecule has 0 aliphatic heterocycles. The Morgan fingerprint density at radius 1 is 1.06 bits per heavy atom. The summed E-state index contributed by atoms with van der Waals surface area (Å²) in [6.45, 7) is 0. The van der Waals surface area contributed by atoms with Crippen LogP contribution in [-0.2, 0) is 4.79 Å². The predicted molar refractivity (Wildman–Crippen MR) is 124 cm³/mol. The van der Waals surface area contributed by atoms with Crippen molar-refractivity contribution in [2.24, 2.45) is 0 Å². The molecule has 0 radical (unpaired) electrons. The number of hydrogen-bond acceptors (Lipinski definition) is 7. The SMILES string of the molecule is COc1ccc(OC)c(NC(=O)CSc2nnc(-c3cccs3)n2-c2ccccc2)c1. The van der Waals surface area contributed by atoms with Crippen LogP contribution < -0.4 is 14.8 Å². The fourth-order valence-electron chi connectivity index (χ4n) is 2.97. The molecule has 31 heavy (non-hydrogen) atoms. The summed E-state index contributed by atoms with van der Waals surface area (Å²) in [5.41, 5.74) is 1.49. The lowest BCUT2D eigenvalue weighted by Crippen LogP contribution is -2.15. The average molecular weight is 453 g/mol. The molecule has 7 nitrogen and oxygen atoms in total. The molecule has 9 heteroatoms. The van der Waals surface area contributed by atoms with Crippen molar-refractivity contribution in [1.82, 2.24) is 14.8 Å². The minimum atomic E-state index is -0.183. The van der Waals surface area contributed by atoms with Gasteiger partial charge in [0.15, 0.2) is 11.0 Å². The van der Waals surface area contributed by atoms with Crippen LogP contribution in [0.5, 0.6) is 11.5 Å². The Morgan fingerprint density at radius 3 is 2.61 bits per heavy atom. The number of ether oxygens (including phenoxy) is 2. The first kappa shape index (κ1) is 21.0. The molecule has 1 N–H and O–H groups in total. The number of para-hydroxylation sites is 1. The average Bonchev–Trinajstić information content (AvgIpc) is 3.48. The van der Waals surface area contributed by atoms with Crippen molar-refractivity contribution >= 4 is 34.7 Å². The van der Waals surface area contributed by atoms with Gasteiger partial charge in [0.25, 0.3) is 0 Å². The quantitative estimate of drug-likeness (QED) is 0.389. The molecule has 0 bridgehead atoms. The van der Waals surface area contributed by atoms with Gasteiger partial charge < -0.3 is 14.8 Å². The van der Waals surface area contributed by atoms with Crippen LogP contribution in [0.3, 0.4) is 0 Å². The van der Waals surface area contributed by atoms with Crippen LogP contribution in [0.2, 0.25) is 0 Å². The summed E-state index contributed by atoms with van der Waals surface area (Å²) in [7, 11) is 3.13. The first-order valence-electron chi connectivity index (χ1n) is 9.39. The number of nitrogens with one attached hydrogen (secondary N) is 1. The molecule has 4 aromatic rings. The Hall–Kier alpha value is -3.30. The third-order valence-corrected chi connectivity index (χ3v) is 6.20. The number of benzene rings is 2. The van der Waals surface area contributed by atoms with E-state index in [0.717, 1.165) is 16.4 Å². The zero-order valence-electron chi connectivity index (χ0n) is 16.9. The largest absolute Gasteiger partial charge is 0.497 e. The summed E-state index contributed by atoms with van der Waals surface area (Å²) in [5.74, 6) is 1.92. The van der Waals surface area contributed by atoms with Gasteiger partial charge in [0.1, 0.15) is 11.5 Å². The molecular weight excluding hydrogens is 432 g/mol. The Kier molecular flexibility index (Phi) is 6.54. The molecule has 0 fully saturated rings. The fraction of sp³-hybridized carbons (Fsp3) is 0.136. The molecular formula is C22H20N4O3S2. The van der Waals surface area contributed by atoms with Gasteiger partial charge in [-0.15, -0.1) is 21.5 Å². The van der Waals surface area contributed by atoms with Gasteiger partial charge in [0.05, 0.1) is 30.5 Å². The lowest BCUT2D eigenvalue weighted by molar-refractivity contribution is -0.113. The normalized spacial score (nSPS) is 10.6. The molecule has 0 unspecified atom stereocenters. The molecule has 1 amide bonds. The number of anilines is 1. The number of carbonyl (C=O) groups is 1. The van der Waals surface area contributed by atoms with E-state index in [0.29, 0.717) is 22.3 Å². The lowest BCUT2D eigenvalue weighted by Gasteiger charge is -2.12. The lowest BCUT2D eigenvalue weighted by atomic mass is 10.2. The Labute approximate surface area is 188 Å². The van der Waals surface area contributed by atoms with Gasteiger partial charge >= 0.3 is 0 Å². The van der Waals surface area contributed by atoms with Crippen LogP contribution >= 0.6 is 23.1 Å². The van der Waals surface area contributed by atoms with Crippen LogP contribution in [0.4, 0.5) is 5.69 Å². The highest BCUT2D eigenvalue weighted by Crippen LogP contribution is 2.31. The second-order valence-corrected chi connectivity index (χ2v) is 8.25. The molecule has 0 atom stereocenters. The van der Waals surface area contributed by atoms with Crippen molar-refractivity contribution in [2.45, 2.75) is 5.16 Å². The molecule has 0 saturated heterocycles. The second-order valence-electron chi connectivity index (χ2n) is 6.36. The molecule has 2 aromatic heterocycles. The molecule has 0 spiro atoms. The van der Waals surface area contributed by atoms with E-state index in [1.807, 2.05) is 52.4 Å². The van der Waals surface area contributed by atoms with Crippen molar-refractivity contribution in [2.75, 3.05) is 25.3 Å². The van der Waals surface area contributed by atoms with E-state index in [4.69, 9.17) is 9.47 Å². The second kappa shape index (κ2) is 9.67. The smallest absolute Gasteiger partial charge is 0.234 e. The third kappa shape index (κ3) is 4.73. The number of amides is 1. The van der Waals surface area contributed by atoms with Crippen molar-refractivity contribution in [3.8, 4) is 27.9 Å². The summed E-state index contributed by atoms with van der Waals surface area (Å²) in [6.07, 6.45) is 0. The molecule has 2 aromatic carbocycles. The summed E-state index contributed by atoms with van der Waals surface area (Å²) in [4.78, 5) is 13.7. The number of aromatic nitrogens is 3. The zero-order chi connectivity index (χ0) is 21.6. The highest BCUT2D eigenvalue weighted by Gasteiger charge is 2.18. The van der Waals surface area contributed by atoms with Gasteiger partial charge in [0.2, 0.25) is 5.91 Å². The van der Waals surface area contributed by atoms with Crippen molar-refractivity contribution in [3.63, 3.8) is 0 Å². The number of thiophene rings is 1. The first-order valence-corrected chi connectivity index (χ1v) is 11.3. The fourth-order valence-corrected chi connectivity index (χ4v) is 4.42. The summed E-state index contributed by atoms with van der Waals surface area (Å²) in [5, 5.41) is 14.2. The topological polar surface area (TPSA) is 78.3 Å². The molecule has 0 aliphatic carbocycles. The van der Waals surface area contributed by atoms with E-state index in [1.165, 1.54) is 11.8 Å². The summed E-state index contributed by atoms with van der Waals surface area (Å²) < 4.78 is 12.5. The van der Waals surface area contributed by atoms with Gasteiger partial charge in [-0.2, -0.15) is 0 Å². The van der Waals surface area contributed by atoms with Crippen molar-refractivity contribution < 1.29 is 14.3 Å². The van der Waals surface area contributed by atoms with Gasteiger partial charge in [0, 0.05) is 11.8 Å². The maximum atomic E-state index is 12.7. The number of methoxy groups -OCH3 is 2. The van der Waals surface area contributed by atoms with Crippen LogP contribution in [0.25, 0.3) is 16.4 Å². The number of rotatable bonds is 8. The Bertz CT molecular complexity index is 1160. The summed E-state index contributed by atoms with van der Waals surface area (Å²) >= 11 is 2.91. The highest BCUT2D eigenvalue weighted by molar-refractivity contribution is 7.99. The van der Waals surface area contributed by atoms with E-state index in [-0.39, 0.29) is 11.7 Å². The number of hydrogen-bond donors (Lipinski definition) is 1. The van der Waals surface area contributed by atoms with Crippen LogP contribution in [0, 0.1) is 0 Å². The monoisotopic (exact) mass is 452 g/mol. The van der Waals surface area contributed by atoms with Gasteiger partial charge in [-0.3, -0.25) is 9.36 Å². The van der Waals surface area contributed by atoms with E-state index < -0.39 is 0 Å². The predicted octanol–water partition coefficient (Wildman–Crippen LogP) is 4.74. The minimum absolute atomic E-state index is 0.162. The minimum Gasteiger partial charge on any atom is -0.497 e. The number of thioether (sulfide) groups is 1. The van der Waals surface area contributed by atoms with Crippen molar-refractivity contribution in [1.29, 1.82) is 0 Å². The Morgan fingerprint density at radius 2 is 1.90 bits per heavy atom. The van der Waals surface area contributed by atoms with Gasteiger partial charge in [-0.05, 0) is 35.7 Å². The number of nitrogens with zero attached hydrogens (tertiary/aromatic N) is 3. The summed E-state index contributed by atoms with van der Waals surface area (Å²) in [6, 6.07) is 19.1. The third-order valence-electron chi connectivity index (χ3n) is 4.40. The first-order chi connectivity index (χ1) is 15.2. The number of carbonyl (C=O) groups excluding carboxylic acids is 1. The van der Waals surface area contributed by atoms with E-state index in [9.17, 15) is 4.79 Å². The Balaban J connectivity index is 1.55. The van der Waals surface area contributed by atoms with Crippen LogP contribution in [-0.4, -0.2) is 40.6 Å². The molecule has 158 valence electrons. The van der Waals surface area contributed by atoms with Gasteiger partial charge in [-0.1, -0.05) is 36.0 Å². The molecule has 0 saturated carbocycles. The molecule has 0 aliphatic rings.